The van der Waals surface area contributed by atoms with Gasteiger partial charge in [0.05, 0.1) is 0 Å². The predicted molar refractivity (Wildman–Crippen MR) is 121 cm³/mol. The third kappa shape index (κ3) is 4.87. The van der Waals surface area contributed by atoms with Crippen molar-refractivity contribution >= 4 is 23.2 Å². The molecule has 1 saturated heterocycles. The minimum Gasteiger partial charge on any atom is -0.381 e. The first-order chi connectivity index (χ1) is 14.3. The molecule has 0 aliphatic carbocycles. The van der Waals surface area contributed by atoms with E-state index in [1.54, 1.807) is 12.1 Å². The molecule has 30 heavy (non-hydrogen) atoms. The van der Waals surface area contributed by atoms with Crippen LogP contribution in [0.25, 0.3) is 0 Å². The molecule has 0 bridgehead atoms. The molecule has 1 aliphatic rings. The Morgan fingerprint density at radius 3 is 2.57 bits per heavy atom. The number of anilines is 1. The van der Waals surface area contributed by atoms with Crippen molar-refractivity contribution in [2.45, 2.75) is 53.1 Å². The van der Waals surface area contributed by atoms with Gasteiger partial charge in [0.25, 0.3) is 5.91 Å². The fourth-order valence-corrected chi connectivity index (χ4v) is 4.39. The maximum Gasteiger partial charge on any atom is 0.251 e. The Bertz CT molecular complexity index is 980. The molecule has 0 saturated carbocycles. The fourth-order valence-electron chi connectivity index (χ4n) is 4.18. The van der Waals surface area contributed by atoms with E-state index in [2.05, 4.69) is 22.1 Å². The van der Waals surface area contributed by atoms with E-state index in [1.165, 1.54) is 0 Å². The first-order valence-electron chi connectivity index (χ1n) is 10.4. The molecule has 2 aromatic rings. The number of nitrogens with one attached hydrogen (secondary N) is 2. The summed E-state index contributed by atoms with van der Waals surface area (Å²) in [6.45, 7) is 10.2. The number of rotatable bonds is 6. The quantitative estimate of drug-likeness (QED) is 0.727. The van der Waals surface area contributed by atoms with Gasteiger partial charge in [0.2, 0.25) is 0 Å². The average Bonchev–Trinajstić information content (AvgIpc) is 2.70. The van der Waals surface area contributed by atoms with Crippen LogP contribution in [0.4, 0.5) is 5.69 Å². The van der Waals surface area contributed by atoms with Crippen molar-refractivity contribution in [1.82, 2.24) is 10.3 Å². The first-order valence-corrected chi connectivity index (χ1v) is 10.8. The molecular formula is C23H30ClN3O3. The fraction of sp³-hybridized carbons (Fsp3) is 0.478. The Morgan fingerprint density at radius 2 is 1.93 bits per heavy atom. The van der Waals surface area contributed by atoms with Gasteiger partial charge in [-0.1, -0.05) is 11.6 Å². The van der Waals surface area contributed by atoms with E-state index in [1.807, 2.05) is 26.8 Å². The second-order valence-electron chi connectivity index (χ2n) is 7.83. The van der Waals surface area contributed by atoms with Crippen LogP contribution in [-0.4, -0.2) is 36.7 Å². The Labute approximate surface area is 182 Å². The van der Waals surface area contributed by atoms with E-state index in [-0.39, 0.29) is 17.9 Å². The summed E-state index contributed by atoms with van der Waals surface area (Å²) >= 11 is 6.40. The number of H-pyrrole nitrogens is 1. The van der Waals surface area contributed by atoms with Crippen molar-refractivity contribution in [2.75, 3.05) is 24.7 Å². The number of benzene rings is 1. The number of carbonyl (C=O) groups is 1. The van der Waals surface area contributed by atoms with Crippen LogP contribution in [0.1, 0.15) is 52.6 Å². The number of carbonyl (C=O) groups excluding carboxylic acids is 1. The monoisotopic (exact) mass is 431 g/mol. The topological polar surface area (TPSA) is 74.4 Å². The van der Waals surface area contributed by atoms with Gasteiger partial charge in [-0.2, -0.15) is 0 Å². The molecule has 1 aromatic heterocycles. The van der Waals surface area contributed by atoms with Gasteiger partial charge in [-0.3, -0.25) is 9.59 Å². The summed E-state index contributed by atoms with van der Waals surface area (Å²) < 4.78 is 5.50. The molecule has 1 amide bonds. The largest absolute Gasteiger partial charge is 0.381 e. The second kappa shape index (κ2) is 9.67. The van der Waals surface area contributed by atoms with E-state index < -0.39 is 0 Å². The van der Waals surface area contributed by atoms with Gasteiger partial charge in [-0.05, 0) is 58.2 Å². The molecule has 0 spiro atoms. The van der Waals surface area contributed by atoms with Crippen LogP contribution in [0.2, 0.25) is 5.02 Å². The van der Waals surface area contributed by atoms with Gasteiger partial charge in [0, 0.05) is 71.6 Å². The summed E-state index contributed by atoms with van der Waals surface area (Å²) in [5.74, 6) is -0.237. The highest BCUT2D eigenvalue weighted by Crippen LogP contribution is 2.31. The molecule has 1 aromatic carbocycles. The third-order valence-corrected chi connectivity index (χ3v) is 6.00. The maximum atomic E-state index is 13.0. The predicted octanol–water partition coefficient (Wildman–Crippen LogP) is 3.89. The van der Waals surface area contributed by atoms with Crippen molar-refractivity contribution in [1.29, 1.82) is 0 Å². The van der Waals surface area contributed by atoms with Gasteiger partial charge in [-0.25, -0.2) is 0 Å². The lowest BCUT2D eigenvalue weighted by Crippen LogP contribution is -2.40. The number of amides is 1. The van der Waals surface area contributed by atoms with Crippen molar-refractivity contribution in [3.63, 3.8) is 0 Å². The molecule has 2 N–H and O–H groups in total. The summed E-state index contributed by atoms with van der Waals surface area (Å²) in [6.07, 6.45) is 1.91. The number of ether oxygens (including phenoxy) is 1. The number of hydrogen-bond acceptors (Lipinski definition) is 4. The number of aryl methyl sites for hydroxylation is 2. The number of nitrogens with zero attached hydrogens (tertiary/aromatic N) is 1. The number of aromatic nitrogens is 1. The standard InChI is InChI=1S/C23H30ClN3O3/c1-5-27(18-6-8-30-9-7-18)21-12-17(24)11-19(15(21)3)23(29)25-13-20-16(4)26-14(2)10-22(20)28/h10-12,18H,5-9,13H2,1-4H3,(H,25,29)(H,26,28). The molecule has 0 atom stereocenters. The van der Waals surface area contributed by atoms with Gasteiger partial charge in [0.1, 0.15) is 0 Å². The zero-order chi connectivity index (χ0) is 21.8. The molecule has 7 heteroatoms. The molecule has 0 unspecified atom stereocenters. The first kappa shape index (κ1) is 22.4. The molecule has 162 valence electrons. The van der Waals surface area contributed by atoms with E-state index >= 15 is 0 Å². The lowest BCUT2D eigenvalue weighted by molar-refractivity contribution is 0.0846. The third-order valence-electron chi connectivity index (χ3n) is 5.78. The lowest BCUT2D eigenvalue weighted by Gasteiger charge is -2.36. The molecular weight excluding hydrogens is 402 g/mol. The Morgan fingerprint density at radius 1 is 1.23 bits per heavy atom. The highest BCUT2D eigenvalue weighted by Gasteiger charge is 2.24. The Hall–Kier alpha value is -2.31. The molecule has 3 rings (SSSR count). The van der Waals surface area contributed by atoms with Crippen molar-refractivity contribution < 1.29 is 9.53 Å². The minimum atomic E-state index is -0.237. The molecule has 2 heterocycles. The van der Waals surface area contributed by atoms with Gasteiger partial charge >= 0.3 is 0 Å². The van der Waals surface area contributed by atoms with E-state index in [4.69, 9.17) is 16.3 Å². The van der Waals surface area contributed by atoms with Crippen LogP contribution in [-0.2, 0) is 11.3 Å². The SMILES string of the molecule is CCN(c1cc(Cl)cc(C(=O)NCc2c(C)[nH]c(C)cc2=O)c1C)C1CCOCC1. The van der Waals surface area contributed by atoms with Gasteiger partial charge < -0.3 is 19.9 Å². The minimum absolute atomic E-state index is 0.0794. The van der Waals surface area contributed by atoms with Crippen molar-refractivity contribution in [2.24, 2.45) is 0 Å². The van der Waals surface area contributed by atoms with Crippen LogP contribution in [0.15, 0.2) is 23.0 Å². The zero-order valence-corrected chi connectivity index (χ0v) is 18.9. The number of hydrogen-bond donors (Lipinski definition) is 2. The van der Waals surface area contributed by atoms with Crippen LogP contribution in [0, 0.1) is 20.8 Å². The van der Waals surface area contributed by atoms with Crippen molar-refractivity contribution in [3.05, 3.63) is 61.5 Å². The Kier molecular flexibility index (Phi) is 7.21. The molecule has 0 radical (unpaired) electrons. The summed E-state index contributed by atoms with van der Waals surface area (Å²) in [7, 11) is 0. The second-order valence-corrected chi connectivity index (χ2v) is 8.27. The van der Waals surface area contributed by atoms with E-state index in [0.717, 1.165) is 55.2 Å². The lowest BCUT2D eigenvalue weighted by atomic mass is 10.0. The van der Waals surface area contributed by atoms with Crippen LogP contribution >= 0.6 is 11.6 Å². The number of halogens is 1. The van der Waals surface area contributed by atoms with Crippen LogP contribution in [0.5, 0.6) is 0 Å². The maximum absolute atomic E-state index is 13.0. The number of pyridine rings is 1. The van der Waals surface area contributed by atoms with Gasteiger partial charge in [0.15, 0.2) is 5.43 Å². The van der Waals surface area contributed by atoms with Crippen LogP contribution in [0.3, 0.4) is 0 Å². The average molecular weight is 432 g/mol. The van der Waals surface area contributed by atoms with Gasteiger partial charge in [-0.15, -0.1) is 0 Å². The zero-order valence-electron chi connectivity index (χ0n) is 18.1. The summed E-state index contributed by atoms with van der Waals surface area (Å²) in [5, 5.41) is 3.42. The highest BCUT2D eigenvalue weighted by atomic mass is 35.5. The number of aromatic amines is 1. The summed E-state index contributed by atoms with van der Waals surface area (Å²) in [6, 6.07) is 5.54. The van der Waals surface area contributed by atoms with Crippen molar-refractivity contribution in [3.8, 4) is 0 Å². The molecule has 1 fully saturated rings. The smallest absolute Gasteiger partial charge is 0.251 e. The van der Waals surface area contributed by atoms with Crippen LogP contribution < -0.4 is 15.6 Å². The normalized spacial score (nSPS) is 14.6. The summed E-state index contributed by atoms with van der Waals surface area (Å²) in [5.41, 5.74) is 4.45. The highest BCUT2D eigenvalue weighted by molar-refractivity contribution is 6.31. The molecule has 6 nitrogen and oxygen atoms in total. The molecule has 1 aliphatic heterocycles. The van der Waals surface area contributed by atoms with E-state index in [0.29, 0.717) is 22.2 Å². The summed E-state index contributed by atoms with van der Waals surface area (Å²) in [4.78, 5) is 30.7. The Balaban J connectivity index is 1.85. The van der Waals surface area contributed by atoms with E-state index in [9.17, 15) is 9.59 Å².